The van der Waals surface area contributed by atoms with Crippen LogP contribution in [0.1, 0.15) is 31.0 Å². The minimum atomic E-state index is -0.275. The number of aliphatic hydroxyl groups is 1. The maximum atomic E-state index is 10.1. The van der Waals surface area contributed by atoms with Gasteiger partial charge in [-0.1, -0.05) is 50.2 Å². The first-order chi connectivity index (χ1) is 13.5. The molecule has 1 heterocycles. The van der Waals surface area contributed by atoms with Gasteiger partial charge in [0.05, 0.1) is 7.11 Å². The molecule has 1 saturated heterocycles. The number of ether oxygens (including phenoxy) is 2. The van der Waals surface area contributed by atoms with Crippen LogP contribution in [0.15, 0.2) is 48.5 Å². The Morgan fingerprint density at radius 3 is 2.43 bits per heavy atom. The maximum Gasteiger partial charge on any atom is 0.161 e. The summed E-state index contributed by atoms with van der Waals surface area (Å²) in [7, 11) is 1.66. The van der Waals surface area contributed by atoms with E-state index in [1.54, 1.807) is 7.11 Å². The van der Waals surface area contributed by atoms with Gasteiger partial charge in [-0.2, -0.15) is 0 Å². The molecule has 2 aromatic carbocycles. The third-order valence-electron chi connectivity index (χ3n) is 5.41. The van der Waals surface area contributed by atoms with E-state index in [1.165, 1.54) is 0 Å². The lowest BCUT2D eigenvalue weighted by molar-refractivity contribution is 0.0303. The molecule has 0 unspecified atom stereocenters. The van der Waals surface area contributed by atoms with E-state index in [2.05, 4.69) is 48.3 Å². The van der Waals surface area contributed by atoms with Crippen LogP contribution in [-0.2, 0) is 6.61 Å². The lowest BCUT2D eigenvalue weighted by Gasteiger charge is -2.43. The van der Waals surface area contributed by atoms with Crippen LogP contribution in [-0.4, -0.2) is 49.9 Å². The number of methoxy groups -OCH3 is 1. The van der Waals surface area contributed by atoms with Gasteiger partial charge in [0.15, 0.2) is 11.5 Å². The van der Waals surface area contributed by atoms with Gasteiger partial charge >= 0.3 is 0 Å². The van der Waals surface area contributed by atoms with E-state index in [0.717, 1.165) is 48.8 Å². The molecule has 3 rings (SSSR count). The Hall–Kier alpha value is -2.08. The van der Waals surface area contributed by atoms with Gasteiger partial charge in [-0.15, -0.1) is 0 Å². The van der Waals surface area contributed by atoms with Gasteiger partial charge in [0.25, 0.3) is 0 Å². The van der Waals surface area contributed by atoms with Crippen molar-refractivity contribution in [3.05, 3.63) is 59.7 Å². The summed E-state index contributed by atoms with van der Waals surface area (Å²) < 4.78 is 11.6. The molecule has 0 aliphatic carbocycles. The molecular weight excluding hydrogens is 352 g/mol. The average Bonchev–Trinajstić information content (AvgIpc) is 2.74. The largest absolute Gasteiger partial charge is 0.493 e. The van der Waals surface area contributed by atoms with Crippen molar-refractivity contribution >= 4 is 0 Å². The molecule has 152 valence electrons. The summed E-state index contributed by atoms with van der Waals surface area (Å²) in [6.07, 6.45) is 0. The van der Waals surface area contributed by atoms with Crippen molar-refractivity contribution in [3.63, 3.8) is 0 Å². The SMILES string of the molecule is COc1ccc([C@H](N2CCNCC2)C(C)(C)CO)cc1OCc1ccccc1. The molecule has 2 N–H and O–H groups in total. The molecule has 1 atom stereocenters. The summed E-state index contributed by atoms with van der Waals surface area (Å²) in [5.41, 5.74) is 1.98. The normalized spacial score (nSPS) is 16.6. The van der Waals surface area contributed by atoms with Crippen LogP contribution in [0.5, 0.6) is 11.5 Å². The topological polar surface area (TPSA) is 54.0 Å². The fourth-order valence-electron chi connectivity index (χ4n) is 3.89. The van der Waals surface area contributed by atoms with Crippen LogP contribution >= 0.6 is 0 Å². The minimum absolute atomic E-state index is 0.101. The molecule has 0 radical (unpaired) electrons. The van der Waals surface area contributed by atoms with Gasteiger partial charge in [0.1, 0.15) is 6.61 Å². The highest BCUT2D eigenvalue weighted by molar-refractivity contribution is 5.44. The highest BCUT2D eigenvalue weighted by atomic mass is 16.5. The van der Waals surface area contributed by atoms with E-state index in [4.69, 9.17) is 9.47 Å². The molecule has 1 aliphatic heterocycles. The molecule has 28 heavy (non-hydrogen) atoms. The standard InChI is InChI=1S/C23H32N2O3/c1-23(2,17-26)22(25-13-11-24-12-14-25)19-9-10-20(27-3)21(15-19)28-16-18-7-5-4-6-8-18/h4-10,15,22,24,26H,11-14,16-17H2,1-3H3/t22-/m0/s1. The van der Waals surface area contributed by atoms with E-state index >= 15 is 0 Å². The van der Waals surface area contributed by atoms with Crippen molar-refractivity contribution in [1.82, 2.24) is 10.2 Å². The average molecular weight is 385 g/mol. The zero-order valence-corrected chi connectivity index (χ0v) is 17.1. The number of benzene rings is 2. The lowest BCUT2D eigenvalue weighted by atomic mass is 9.79. The Morgan fingerprint density at radius 1 is 1.07 bits per heavy atom. The third-order valence-corrected chi connectivity index (χ3v) is 5.41. The second-order valence-electron chi connectivity index (χ2n) is 8.02. The summed E-state index contributed by atoms with van der Waals surface area (Å²) in [6, 6.07) is 16.4. The summed E-state index contributed by atoms with van der Waals surface area (Å²) in [5, 5.41) is 13.5. The van der Waals surface area contributed by atoms with Gasteiger partial charge in [-0.3, -0.25) is 4.90 Å². The molecule has 0 spiro atoms. The molecule has 0 bridgehead atoms. The predicted molar refractivity (Wildman–Crippen MR) is 112 cm³/mol. The Labute approximate surface area is 168 Å². The van der Waals surface area contributed by atoms with Gasteiger partial charge in [-0.25, -0.2) is 0 Å². The quantitative estimate of drug-likeness (QED) is 0.732. The van der Waals surface area contributed by atoms with E-state index in [0.29, 0.717) is 6.61 Å². The predicted octanol–water partition coefficient (Wildman–Crippen LogP) is 3.24. The van der Waals surface area contributed by atoms with Crippen LogP contribution in [0, 0.1) is 5.41 Å². The molecule has 5 heteroatoms. The molecule has 0 saturated carbocycles. The summed E-state index contributed by atoms with van der Waals surface area (Å²) >= 11 is 0. The number of nitrogens with zero attached hydrogens (tertiary/aromatic N) is 1. The van der Waals surface area contributed by atoms with Gasteiger partial charge in [0.2, 0.25) is 0 Å². The van der Waals surface area contributed by atoms with Crippen LogP contribution in [0.4, 0.5) is 0 Å². The van der Waals surface area contributed by atoms with E-state index < -0.39 is 0 Å². The van der Waals surface area contributed by atoms with Crippen molar-refractivity contribution in [2.75, 3.05) is 39.9 Å². The first-order valence-electron chi connectivity index (χ1n) is 9.95. The summed E-state index contributed by atoms with van der Waals surface area (Å²) in [5.74, 6) is 1.46. The van der Waals surface area contributed by atoms with Crippen molar-refractivity contribution < 1.29 is 14.6 Å². The molecule has 2 aromatic rings. The van der Waals surface area contributed by atoms with Crippen molar-refractivity contribution in [1.29, 1.82) is 0 Å². The number of hydrogen-bond acceptors (Lipinski definition) is 5. The number of hydrogen-bond donors (Lipinski definition) is 2. The first-order valence-corrected chi connectivity index (χ1v) is 9.95. The molecular formula is C23H32N2O3. The number of aliphatic hydroxyl groups excluding tert-OH is 1. The third kappa shape index (κ3) is 4.85. The first kappa shape index (κ1) is 20.6. The van der Waals surface area contributed by atoms with Crippen molar-refractivity contribution in [2.24, 2.45) is 5.41 Å². The number of nitrogens with one attached hydrogen (secondary N) is 1. The Morgan fingerprint density at radius 2 is 1.79 bits per heavy atom. The van der Waals surface area contributed by atoms with Crippen molar-refractivity contribution in [2.45, 2.75) is 26.5 Å². The number of rotatable bonds is 8. The van der Waals surface area contributed by atoms with Crippen molar-refractivity contribution in [3.8, 4) is 11.5 Å². The monoisotopic (exact) mass is 384 g/mol. The highest BCUT2D eigenvalue weighted by Crippen LogP contribution is 2.41. The molecule has 1 fully saturated rings. The van der Waals surface area contributed by atoms with E-state index in [1.807, 2.05) is 24.3 Å². The molecule has 1 aliphatic rings. The molecule has 5 nitrogen and oxygen atoms in total. The van der Waals surface area contributed by atoms with Crippen LogP contribution in [0.3, 0.4) is 0 Å². The minimum Gasteiger partial charge on any atom is -0.493 e. The molecule has 0 aromatic heterocycles. The van der Waals surface area contributed by atoms with E-state index in [-0.39, 0.29) is 18.1 Å². The fraction of sp³-hybridized carbons (Fsp3) is 0.478. The Balaban J connectivity index is 1.89. The van der Waals surface area contributed by atoms with Gasteiger partial charge in [-0.05, 0) is 23.3 Å². The Bertz CT molecular complexity index is 743. The summed E-state index contributed by atoms with van der Waals surface area (Å²) in [4.78, 5) is 2.45. The maximum absolute atomic E-state index is 10.1. The van der Waals surface area contributed by atoms with Crippen LogP contribution in [0.25, 0.3) is 0 Å². The van der Waals surface area contributed by atoms with Gasteiger partial charge in [0, 0.05) is 44.2 Å². The molecule has 0 amide bonds. The van der Waals surface area contributed by atoms with E-state index in [9.17, 15) is 5.11 Å². The number of piperazine rings is 1. The second kappa shape index (κ2) is 9.41. The fourth-order valence-corrected chi connectivity index (χ4v) is 3.89. The highest BCUT2D eigenvalue weighted by Gasteiger charge is 2.36. The smallest absolute Gasteiger partial charge is 0.161 e. The summed E-state index contributed by atoms with van der Waals surface area (Å²) in [6.45, 7) is 8.69. The zero-order chi connectivity index (χ0) is 20.0. The Kier molecular flexibility index (Phi) is 6.94. The van der Waals surface area contributed by atoms with Crippen LogP contribution in [0.2, 0.25) is 0 Å². The zero-order valence-electron chi connectivity index (χ0n) is 17.1. The lowest BCUT2D eigenvalue weighted by Crippen LogP contribution is -2.49. The second-order valence-corrected chi connectivity index (χ2v) is 8.02. The van der Waals surface area contributed by atoms with Gasteiger partial charge < -0.3 is 19.9 Å². The van der Waals surface area contributed by atoms with Crippen LogP contribution < -0.4 is 14.8 Å².